The predicted octanol–water partition coefficient (Wildman–Crippen LogP) is -2.21. The van der Waals surface area contributed by atoms with E-state index in [0.29, 0.717) is 58.4 Å². The van der Waals surface area contributed by atoms with Crippen molar-refractivity contribution in [2.75, 3.05) is 56.6 Å². The molecule has 1 saturated heterocycles. The molecular formula is C25H44N10O8S. The number of carboxylic acids is 1. The number of carbonyl (C=O) groups is 2. The molecule has 3 heterocycles. The maximum atomic E-state index is 12.1. The maximum Gasteiger partial charge on any atom is 0.320 e. The van der Waals surface area contributed by atoms with Gasteiger partial charge in [0.25, 0.3) is 0 Å². The number of unbranched alkanes of at least 4 members (excludes halogenated alkanes) is 2. The fourth-order valence-electron chi connectivity index (χ4n) is 4.70. The summed E-state index contributed by atoms with van der Waals surface area (Å²) in [6.07, 6.45) is 0.664. The van der Waals surface area contributed by atoms with E-state index in [2.05, 4.69) is 30.3 Å². The summed E-state index contributed by atoms with van der Waals surface area (Å²) in [5, 5.41) is 36.4. The summed E-state index contributed by atoms with van der Waals surface area (Å²) in [6, 6.07) is -1.01. The van der Waals surface area contributed by atoms with Gasteiger partial charge in [-0.25, -0.2) is 18.1 Å². The summed E-state index contributed by atoms with van der Waals surface area (Å²) in [7, 11) is -3.21. The number of rotatable bonds is 19. The van der Waals surface area contributed by atoms with Crippen LogP contribution in [-0.2, 0) is 24.3 Å². The van der Waals surface area contributed by atoms with Crippen molar-refractivity contribution in [2.45, 2.75) is 69.6 Å². The predicted molar refractivity (Wildman–Crippen MR) is 161 cm³/mol. The highest BCUT2D eigenvalue weighted by Gasteiger charge is 2.44. The lowest BCUT2D eigenvalue weighted by molar-refractivity contribution is -0.138. The number of hydrogen-bond donors (Lipinski definition) is 8. The van der Waals surface area contributed by atoms with Gasteiger partial charge in [0.15, 0.2) is 17.7 Å². The Morgan fingerprint density at radius 1 is 1.16 bits per heavy atom. The molecule has 0 radical (unpaired) electrons. The molecule has 0 saturated carbocycles. The Morgan fingerprint density at radius 3 is 2.59 bits per heavy atom. The number of hydrogen-bond acceptors (Lipinski definition) is 14. The zero-order chi connectivity index (χ0) is 32.4. The van der Waals surface area contributed by atoms with Crippen LogP contribution >= 0.6 is 0 Å². The second-order valence-electron chi connectivity index (χ2n) is 10.7. The molecule has 0 aliphatic carbocycles. The molecule has 0 unspecified atom stereocenters. The van der Waals surface area contributed by atoms with E-state index in [1.54, 1.807) is 0 Å². The summed E-state index contributed by atoms with van der Waals surface area (Å²) in [5.41, 5.74) is 12.3. The fourth-order valence-corrected chi connectivity index (χ4v) is 5.22. The van der Waals surface area contributed by atoms with Crippen LogP contribution in [0.3, 0.4) is 0 Å². The number of nitrogens with two attached hydrogens (primary N) is 2. The average molecular weight is 645 g/mol. The molecule has 5 atom stereocenters. The maximum absolute atomic E-state index is 12.1. The van der Waals surface area contributed by atoms with Crippen LogP contribution in [0.5, 0.6) is 0 Å². The summed E-state index contributed by atoms with van der Waals surface area (Å²) >= 11 is 0. The van der Waals surface area contributed by atoms with Crippen molar-refractivity contribution in [3.05, 3.63) is 6.33 Å². The molecule has 1 amide bonds. The number of ether oxygens (including phenoxy) is 1. The Balaban J connectivity index is 1.53. The van der Waals surface area contributed by atoms with Crippen molar-refractivity contribution >= 4 is 44.8 Å². The Kier molecular flexibility index (Phi) is 13.0. The number of aliphatic hydroxyl groups is 2. The van der Waals surface area contributed by atoms with Crippen LogP contribution in [0.25, 0.3) is 11.2 Å². The average Bonchev–Trinajstić information content (AvgIpc) is 3.50. The number of aliphatic carboxylic acids is 1. The standard InChI is InChI=1S/C25H44N10O8S/c1-3-34(12-8-15(26)24(39)40)13-16-19(37)20(38)23(43-16)35-14-30-18-21(27)32-25(33-22(18)35)29-11-10-28-17(36)7-5-4-6-9-31-44(2,41)42/h14-16,19-20,23,31,37-38H,3-13,26H2,1-2H3,(H,28,36)(H,39,40)(H3,27,29,32,33)/t15-,16+,19+,20+,23+/m0/s1. The molecular weight excluding hydrogens is 600 g/mol. The largest absolute Gasteiger partial charge is 0.480 e. The van der Waals surface area contributed by atoms with E-state index in [-0.39, 0.29) is 41.8 Å². The molecule has 0 bridgehead atoms. The van der Waals surface area contributed by atoms with E-state index in [1.165, 1.54) is 10.9 Å². The number of nitrogens with one attached hydrogen (secondary N) is 3. The van der Waals surface area contributed by atoms with Crippen LogP contribution in [0.15, 0.2) is 6.33 Å². The molecule has 2 aromatic rings. The zero-order valence-corrected chi connectivity index (χ0v) is 25.7. The monoisotopic (exact) mass is 644 g/mol. The third kappa shape index (κ3) is 10.2. The molecule has 0 aromatic carbocycles. The van der Waals surface area contributed by atoms with Crippen molar-refractivity contribution < 1.29 is 38.1 Å². The highest BCUT2D eigenvalue weighted by molar-refractivity contribution is 7.88. The Hall–Kier alpha value is -3.20. The lowest BCUT2D eigenvalue weighted by Gasteiger charge is -2.26. The number of aromatic nitrogens is 4. The van der Waals surface area contributed by atoms with Crippen LogP contribution in [0.4, 0.5) is 11.8 Å². The molecule has 1 aliphatic heterocycles. The van der Waals surface area contributed by atoms with Gasteiger partial charge in [0.1, 0.15) is 29.9 Å². The zero-order valence-electron chi connectivity index (χ0n) is 24.9. The minimum absolute atomic E-state index is 0.0853. The normalized spacial score (nSPS) is 21.1. The molecule has 1 aliphatic rings. The quantitative estimate of drug-likeness (QED) is 0.0753. The minimum atomic E-state index is -3.21. The number of anilines is 2. The van der Waals surface area contributed by atoms with Gasteiger partial charge in [-0.2, -0.15) is 9.97 Å². The Bertz CT molecular complexity index is 1360. The van der Waals surface area contributed by atoms with E-state index in [1.807, 2.05) is 11.8 Å². The Morgan fingerprint density at radius 2 is 1.91 bits per heavy atom. The second-order valence-corrected chi connectivity index (χ2v) is 12.5. The van der Waals surface area contributed by atoms with Gasteiger partial charge in [-0.05, 0) is 25.8 Å². The lowest BCUT2D eigenvalue weighted by atomic mass is 10.1. The molecule has 44 heavy (non-hydrogen) atoms. The van der Waals surface area contributed by atoms with Crippen molar-refractivity contribution in [3.8, 4) is 0 Å². The van der Waals surface area contributed by atoms with Gasteiger partial charge in [-0.3, -0.25) is 14.2 Å². The second kappa shape index (κ2) is 16.2. The van der Waals surface area contributed by atoms with Gasteiger partial charge >= 0.3 is 5.97 Å². The number of nitrogen functional groups attached to an aromatic ring is 1. The molecule has 248 valence electrons. The third-order valence-electron chi connectivity index (χ3n) is 7.19. The van der Waals surface area contributed by atoms with Crippen LogP contribution in [0.2, 0.25) is 0 Å². The summed E-state index contributed by atoms with van der Waals surface area (Å²) < 4.78 is 32.0. The van der Waals surface area contributed by atoms with E-state index in [0.717, 1.165) is 6.26 Å². The number of aliphatic hydroxyl groups excluding tert-OH is 2. The highest BCUT2D eigenvalue weighted by Crippen LogP contribution is 2.33. The van der Waals surface area contributed by atoms with Crippen LogP contribution in [0, 0.1) is 0 Å². The fraction of sp³-hybridized carbons (Fsp3) is 0.720. The minimum Gasteiger partial charge on any atom is -0.480 e. The van der Waals surface area contributed by atoms with E-state index >= 15 is 0 Å². The number of likely N-dealkylation sites (N-methyl/N-ethyl adjacent to an activating group) is 1. The Labute approximate surface area is 255 Å². The van der Waals surface area contributed by atoms with Gasteiger partial charge in [-0.15, -0.1) is 0 Å². The number of carboxylic acid groups (broad SMARTS) is 1. The van der Waals surface area contributed by atoms with Gasteiger partial charge in [0.05, 0.1) is 12.6 Å². The van der Waals surface area contributed by atoms with E-state index in [9.17, 15) is 28.2 Å². The number of fused-ring (bicyclic) bond motifs is 1. The van der Waals surface area contributed by atoms with Crippen molar-refractivity contribution in [3.63, 3.8) is 0 Å². The third-order valence-corrected chi connectivity index (χ3v) is 7.92. The van der Waals surface area contributed by atoms with Gasteiger partial charge in [0, 0.05) is 39.1 Å². The first-order valence-electron chi connectivity index (χ1n) is 14.5. The summed E-state index contributed by atoms with van der Waals surface area (Å²) in [5.74, 6) is -0.974. The number of carbonyl (C=O) groups excluding carboxylic acids is 1. The van der Waals surface area contributed by atoms with Crippen LogP contribution in [-0.4, -0.2) is 130 Å². The molecule has 10 N–H and O–H groups in total. The van der Waals surface area contributed by atoms with Gasteiger partial charge < -0.3 is 47.1 Å². The van der Waals surface area contributed by atoms with Crippen molar-refractivity contribution in [2.24, 2.45) is 5.73 Å². The topological polar surface area (TPSA) is 273 Å². The SMILES string of the molecule is CCN(CC[C@H](N)C(=O)O)C[C@H]1O[C@@H](n2cnc3c(N)nc(NCCNC(=O)CCCCCNS(C)(=O)=O)nc32)[C@H](O)[C@@H]1O. The summed E-state index contributed by atoms with van der Waals surface area (Å²) in [6.45, 7) is 3.97. The lowest BCUT2D eigenvalue weighted by Crippen LogP contribution is -2.42. The molecule has 18 nitrogen and oxygen atoms in total. The van der Waals surface area contributed by atoms with E-state index in [4.69, 9.17) is 21.3 Å². The van der Waals surface area contributed by atoms with Gasteiger partial charge in [0.2, 0.25) is 21.9 Å². The first kappa shape index (κ1) is 35.3. The summed E-state index contributed by atoms with van der Waals surface area (Å²) in [4.78, 5) is 37.9. The number of nitrogens with zero attached hydrogens (tertiary/aromatic N) is 5. The number of sulfonamides is 1. The molecule has 2 aromatic heterocycles. The molecule has 19 heteroatoms. The van der Waals surface area contributed by atoms with Gasteiger partial charge in [-0.1, -0.05) is 13.3 Å². The van der Waals surface area contributed by atoms with Crippen molar-refractivity contribution in [1.82, 2.24) is 34.5 Å². The molecule has 3 rings (SSSR count). The smallest absolute Gasteiger partial charge is 0.320 e. The van der Waals surface area contributed by atoms with E-state index < -0.39 is 46.6 Å². The number of imidazole rings is 1. The molecule has 1 fully saturated rings. The highest BCUT2D eigenvalue weighted by atomic mass is 32.2. The van der Waals surface area contributed by atoms with Crippen LogP contribution < -0.4 is 26.8 Å². The number of amides is 1. The first-order chi connectivity index (χ1) is 20.8. The molecule has 0 spiro atoms. The van der Waals surface area contributed by atoms with Crippen molar-refractivity contribution in [1.29, 1.82) is 0 Å². The first-order valence-corrected chi connectivity index (χ1v) is 16.4. The van der Waals surface area contributed by atoms with Crippen LogP contribution in [0.1, 0.15) is 45.3 Å².